The highest BCUT2D eigenvalue weighted by atomic mass is 16.5. The lowest BCUT2D eigenvalue weighted by molar-refractivity contribution is 0.443. The molecule has 1 rings (SSSR count). The van der Waals surface area contributed by atoms with Gasteiger partial charge in [-0.15, -0.1) is 0 Å². The van der Waals surface area contributed by atoms with Crippen LogP contribution < -0.4 is 4.74 Å². The van der Waals surface area contributed by atoms with Gasteiger partial charge in [0.1, 0.15) is 11.5 Å². The molecule has 1 nitrogen and oxygen atoms in total. The molecule has 0 amide bonds. The maximum Gasteiger partial charge on any atom is 0.127 e. The third kappa shape index (κ3) is 3.77. The van der Waals surface area contributed by atoms with E-state index in [0.29, 0.717) is 0 Å². The molecule has 0 aliphatic rings. The lowest BCUT2D eigenvalue weighted by Gasteiger charge is -2.06. The standard InChI is InChI=1S/C15H18O/c1-4-7-8-14(6-3)16-15-11-9-13(5-2)10-12-15/h4,6-12H,1,5H2,2-3H3/b8-7-,14-6+. The van der Waals surface area contributed by atoms with Gasteiger partial charge in [0.2, 0.25) is 0 Å². The van der Waals surface area contributed by atoms with Gasteiger partial charge in [-0.3, -0.25) is 0 Å². The summed E-state index contributed by atoms with van der Waals surface area (Å²) in [5.41, 5.74) is 1.32. The Morgan fingerprint density at radius 3 is 2.50 bits per heavy atom. The summed E-state index contributed by atoms with van der Waals surface area (Å²) in [5.74, 6) is 1.68. The summed E-state index contributed by atoms with van der Waals surface area (Å²) in [7, 11) is 0. The Labute approximate surface area is 97.8 Å². The van der Waals surface area contributed by atoms with Gasteiger partial charge in [0.15, 0.2) is 0 Å². The summed E-state index contributed by atoms with van der Waals surface area (Å²) < 4.78 is 5.69. The van der Waals surface area contributed by atoms with Gasteiger partial charge in [0.05, 0.1) is 0 Å². The molecule has 0 spiro atoms. The summed E-state index contributed by atoms with van der Waals surface area (Å²) in [6.45, 7) is 7.71. The largest absolute Gasteiger partial charge is 0.458 e. The van der Waals surface area contributed by atoms with Crippen molar-refractivity contribution in [3.8, 4) is 5.75 Å². The van der Waals surface area contributed by atoms with Gasteiger partial charge < -0.3 is 4.74 Å². The molecule has 1 heteroatoms. The van der Waals surface area contributed by atoms with Crippen molar-refractivity contribution in [2.24, 2.45) is 0 Å². The summed E-state index contributed by atoms with van der Waals surface area (Å²) in [6.07, 6.45) is 8.45. The number of aryl methyl sites for hydroxylation is 1. The quantitative estimate of drug-likeness (QED) is 0.525. The maximum atomic E-state index is 5.69. The highest BCUT2D eigenvalue weighted by Crippen LogP contribution is 2.16. The first kappa shape index (κ1) is 12.3. The smallest absolute Gasteiger partial charge is 0.127 e. The van der Waals surface area contributed by atoms with Crippen molar-refractivity contribution in [2.45, 2.75) is 20.3 Å². The molecule has 0 heterocycles. The van der Waals surface area contributed by atoms with E-state index in [9.17, 15) is 0 Å². The second-order valence-electron chi connectivity index (χ2n) is 3.39. The second kappa shape index (κ2) is 6.67. The molecule has 0 N–H and O–H groups in total. The van der Waals surface area contributed by atoms with E-state index < -0.39 is 0 Å². The zero-order valence-corrected chi connectivity index (χ0v) is 9.94. The highest BCUT2D eigenvalue weighted by molar-refractivity contribution is 5.30. The molecular formula is C15H18O. The van der Waals surface area contributed by atoms with Crippen molar-refractivity contribution in [2.75, 3.05) is 0 Å². The number of rotatable bonds is 5. The van der Waals surface area contributed by atoms with Crippen LogP contribution in [0.2, 0.25) is 0 Å². The van der Waals surface area contributed by atoms with Crippen LogP contribution in [0.5, 0.6) is 5.75 Å². The van der Waals surface area contributed by atoms with Gasteiger partial charge in [0, 0.05) is 0 Å². The maximum absolute atomic E-state index is 5.69. The fourth-order valence-electron chi connectivity index (χ4n) is 1.28. The Hall–Kier alpha value is -1.76. The van der Waals surface area contributed by atoms with E-state index in [1.165, 1.54) is 5.56 Å². The topological polar surface area (TPSA) is 9.23 Å². The van der Waals surface area contributed by atoms with Gasteiger partial charge in [-0.1, -0.05) is 37.8 Å². The van der Waals surface area contributed by atoms with Crippen LogP contribution in [0.1, 0.15) is 19.4 Å². The van der Waals surface area contributed by atoms with Crippen molar-refractivity contribution in [3.63, 3.8) is 0 Å². The van der Waals surface area contributed by atoms with Crippen molar-refractivity contribution in [1.82, 2.24) is 0 Å². The molecular weight excluding hydrogens is 196 g/mol. The van der Waals surface area contributed by atoms with Crippen LogP contribution in [-0.4, -0.2) is 0 Å². The van der Waals surface area contributed by atoms with Crippen LogP contribution >= 0.6 is 0 Å². The summed E-state index contributed by atoms with van der Waals surface area (Å²) in [6, 6.07) is 8.15. The summed E-state index contributed by atoms with van der Waals surface area (Å²) in [4.78, 5) is 0. The van der Waals surface area contributed by atoms with Crippen molar-refractivity contribution in [1.29, 1.82) is 0 Å². The number of ether oxygens (including phenoxy) is 1. The van der Waals surface area contributed by atoms with E-state index in [1.807, 2.05) is 37.3 Å². The normalized spacial score (nSPS) is 11.8. The summed E-state index contributed by atoms with van der Waals surface area (Å²) >= 11 is 0. The molecule has 84 valence electrons. The number of hydrogen-bond donors (Lipinski definition) is 0. The average molecular weight is 214 g/mol. The van der Waals surface area contributed by atoms with E-state index in [-0.39, 0.29) is 0 Å². The SMILES string of the molecule is C=C/C=C\C(=C/C)Oc1ccc(CC)cc1. The molecule has 0 bridgehead atoms. The van der Waals surface area contributed by atoms with Crippen LogP contribution in [-0.2, 0) is 6.42 Å². The molecule has 0 aliphatic carbocycles. The average Bonchev–Trinajstić information content (AvgIpc) is 2.35. The molecule has 16 heavy (non-hydrogen) atoms. The third-order valence-electron chi connectivity index (χ3n) is 2.25. The van der Waals surface area contributed by atoms with E-state index in [0.717, 1.165) is 17.9 Å². The predicted molar refractivity (Wildman–Crippen MR) is 69.5 cm³/mol. The first-order valence-electron chi connectivity index (χ1n) is 5.52. The van der Waals surface area contributed by atoms with Crippen LogP contribution in [0.3, 0.4) is 0 Å². The van der Waals surface area contributed by atoms with Crippen molar-refractivity contribution >= 4 is 0 Å². The number of allylic oxidation sites excluding steroid dienone is 4. The zero-order chi connectivity index (χ0) is 11.8. The van der Waals surface area contributed by atoms with Gasteiger partial charge in [-0.2, -0.15) is 0 Å². The van der Waals surface area contributed by atoms with Crippen LogP contribution in [0.15, 0.2) is 60.9 Å². The Morgan fingerprint density at radius 2 is 2.00 bits per heavy atom. The molecule has 0 saturated carbocycles. The lowest BCUT2D eigenvalue weighted by atomic mass is 10.2. The van der Waals surface area contributed by atoms with Crippen LogP contribution in [0, 0.1) is 0 Å². The minimum atomic E-state index is 0.823. The Kier molecular flexibility index (Phi) is 5.13. The third-order valence-corrected chi connectivity index (χ3v) is 2.25. The molecule has 0 saturated heterocycles. The number of benzene rings is 1. The van der Waals surface area contributed by atoms with Crippen molar-refractivity contribution in [3.05, 3.63) is 66.5 Å². The molecule has 0 radical (unpaired) electrons. The van der Waals surface area contributed by atoms with Gasteiger partial charge in [-0.25, -0.2) is 0 Å². The van der Waals surface area contributed by atoms with E-state index >= 15 is 0 Å². The lowest BCUT2D eigenvalue weighted by Crippen LogP contribution is -1.91. The number of hydrogen-bond acceptors (Lipinski definition) is 1. The predicted octanol–water partition coefficient (Wildman–Crippen LogP) is 4.27. The summed E-state index contributed by atoms with van der Waals surface area (Å²) in [5, 5.41) is 0. The van der Waals surface area contributed by atoms with Crippen LogP contribution in [0.4, 0.5) is 0 Å². The zero-order valence-electron chi connectivity index (χ0n) is 9.94. The fourth-order valence-corrected chi connectivity index (χ4v) is 1.28. The van der Waals surface area contributed by atoms with Gasteiger partial charge in [0.25, 0.3) is 0 Å². The van der Waals surface area contributed by atoms with E-state index in [1.54, 1.807) is 6.08 Å². The molecule has 1 aromatic rings. The first-order valence-corrected chi connectivity index (χ1v) is 5.52. The monoisotopic (exact) mass is 214 g/mol. The minimum Gasteiger partial charge on any atom is -0.458 e. The minimum absolute atomic E-state index is 0.823. The van der Waals surface area contributed by atoms with E-state index in [4.69, 9.17) is 4.74 Å². The molecule has 1 aromatic carbocycles. The Balaban J connectivity index is 2.71. The van der Waals surface area contributed by atoms with Gasteiger partial charge >= 0.3 is 0 Å². The molecule has 0 fully saturated rings. The van der Waals surface area contributed by atoms with Crippen molar-refractivity contribution < 1.29 is 4.74 Å². The first-order chi connectivity index (χ1) is 7.80. The molecule has 0 atom stereocenters. The second-order valence-corrected chi connectivity index (χ2v) is 3.39. The Bertz CT molecular complexity index is 382. The molecule has 0 aromatic heterocycles. The Morgan fingerprint density at radius 1 is 1.31 bits per heavy atom. The molecule has 0 unspecified atom stereocenters. The van der Waals surface area contributed by atoms with E-state index in [2.05, 4.69) is 25.6 Å². The van der Waals surface area contributed by atoms with Crippen LogP contribution in [0.25, 0.3) is 0 Å². The fraction of sp³-hybridized carbons (Fsp3) is 0.200. The van der Waals surface area contributed by atoms with Gasteiger partial charge in [-0.05, 0) is 43.2 Å². The molecule has 0 aliphatic heterocycles. The highest BCUT2D eigenvalue weighted by Gasteiger charge is 1.96.